The third-order valence-corrected chi connectivity index (χ3v) is 3.10. The zero-order chi connectivity index (χ0) is 13.3. The molecule has 5 nitrogen and oxygen atoms in total. The fourth-order valence-electron chi connectivity index (χ4n) is 1.83. The minimum Gasteiger partial charge on any atom is -0.355 e. The smallest absolute Gasteiger partial charge is 0.299 e. The Bertz CT molecular complexity index is 542. The van der Waals surface area contributed by atoms with E-state index < -0.39 is 11.7 Å². The molecular formula is C12H11BrN2O3. The molecule has 2 amide bonds. The molecule has 0 spiro atoms. The quantitative estimate of drug-likeness (QED) is 0.851. The molecule has 1 aromatic rings. The summed E-state index contributed by atoms with van der Waals surface area (Å²) in [4.78, 5) is 36.3. The van der Waals surface area contributed by atoms with Crippen LogP contribution in [0.5, 0.6) is 0 Å². The average Bonchev–Trinajstić information content (AvgIpc) is 2.55. The van der Waals surface area contributed by atoms with Crippen LogP contribution in [0.1, 0.15) is 17.3 Å². The van der Waals surface area contributed by atoms with Gasteiger partial charge in [0.2, 0.25) is 5.91 Å². The fourth-order valence-corrected chi connectivity index (χ4v) is 2.19. The Morgan fingerprint density at radius 2 is 2.11 bits per heavy atom. The van der Waals surface area contributed by atoms with Gasteiger partial charge in [0.1, 0.15) is 6.54 Å². The van der Waals surface area contributed by atoms with Gasteiger partial charge < -0.3 is 5.32 Å². The highest BCUT2D eigenvalue weighted by Gasteiger charge is 2.36. The van der Waals surface area contributed by atoms with E-state index >= 15 is 0 Å². The predicted molar refractivity (Wildman–Crippen MR) is 69.5 cm³/mol. The van der Waals surface area contributed by atoms with Crippen LogP contribution in [0.25, 0.3) is 0 Å². The highest BCUT2D eigenvalue weighted by Crippen LogP contribution is 2.30. The summed E-state index contributed by atoms with van der Waals surface area (Å²) < 4.78 is 0.724. The molecule has 0 saturated heterocycles. The van der Waals surface area contributed by atoms with Crippen molar-refractivity contribution in [1.82, 2.24) is 5.32 Å². The van der Waals surface area contributed by atoms with Gasteiger partial charge >= 0.3 is 0 Å². The van der Waals surface area contributed by atoms with Crippen LogP contribution in [-0.4, -0.2) is 30.7 Å². The van der Waals surface area contributed by atoms with Crippen LogP contribution < -0.4 is 10.2 Å². The highest BCUT2D eigenvalue weighted by atomic mass is 79.9. The maximum atomic E-state index is 11.8. The molecular weight excluding hydrogens is 300 g/mol. The highest BCUT2D eigenvalue weighted by molar-refractivity contribution is 9.10. The first-order valence-electron chi connectivity index (χ1n) is 5.47. The largest absolute Gasteiger partial charge is 0.355 e. The number of Topliss-reactive ketones (excluding diaryl/α,β-unsaturated/α-hetero) is 1. The third kappa shape index (κ3) is 2.15. The van der Waals surface area contributed by atoms with Gasteiger partial charge in [-0.3, -0.25) is 19.3 Å². The predicted octanol–water partition coefficient (Wildman–Crippen LogP) is 1.11. The van der Waals surface area contributed by atoms with Gasteiger partial charge in [0.15, 0.2) is 0 Å². The molecule has 0 fully saturated rings. The number of amides is 2. The first kappa shape index (κ1) is 12.8. The Kier molecular flexibility index (Phi) is 3.47. The van der Waals surface area contributed by atoms with E-state index in [1.165, 1.54) is 4.90 Å². The second-order valence-electron chi connectivity index (χ2n) is 3.84. The fraction of sp³-hybridized carbons (Fsp3) is 0.250. The van der Waals surface area contributed by atoms with Crippen LogP contribution in [0, 0.1) is 0 Å². The van der Waals surface area contributed by atoms with E-state index in [1.807, 2.05) is 0 Å². The summed E-state index contributed by atoms with van der Waals surface area (Å²) in [6, 6.07) is 4.98. The van der Waals surface area contributed by atoms with E-state index in [4.69, 9.17) is 0 Å². The molecule has 1 N–H and O–H groups in total. The van der Waals surface area contributed by atoms with Gasteiger partial charge in [0.25, 0.3) is 11.7 Å². The maximum Gasteiger partial charge on any atom is 0.299 e. The Hall–Kier alpha value is -1.69. The number of ketones is 1. The van der Waals surface area contributed by atoms with Crippen LogP contribution in [0.2, 0.25) is 0 Å². The molecule has 0 radical (unpaired) electrons. The normalized spacial score (nSPS) is 13.8. The van der Waals surface area contributed by atoms with E-state index in [0.717, 1.165) is 4.47 Å². The van der Waals surface area contributed by atoms with Crippen LogP contribution in [0.15, 0.2) is 22.7 Å². The van der Waals surface area contributed by atoms with Crippen molar-refractivity contribution in [3.8, 4) is 0 Å². The molecule has 1 heterocycles. The number of anilines is 1. The van der Waals surface area contributed by atoms with Gasteiger partial charge in [-0.25, -0.2) is 0 Å². The monoisotopic (exact) mass is 310 g/mol. The van der Waals surface area contributed by atoms with Gasteiger partial charge in [0.05, 0.1) is 11.3 Å². The molecule has 0 aliphatic carbocycles. The number of likely N-dealkylation sites (N-methyl/N-ethyl adjacent to an activating group) is 1. The van der Waals surface area contributed by atoms with Gasteiger partial charge in [-0.2, -0.15) is 0 Å². The van der Waals surface area contributed by atoms with Crippen LogP contribution in [0.4, 0.5) is 5.69 Å². The van der Waals surface area contributed by atoms with Crippen LogP contribution >= 0.6 is 15.9 Å². The number of nitrogens with zero attached hydrogens (tertiary/aromatic N) is 1. The number of hydrogen-bond donors (Lipinski definition) is 1. The summed E-state index contributed by atoms with van der Waals surface area (Å²) in [5, 5.41) is 2.60. The van der Waals surface area contributed by atoms with Crippen LogP contribution in [-0.2, 0) is 9.59 Å². The van der Waals surface area contributed by atoms with Gasteiger partial charge in [-0.15, -0.1) is 0 Å². The molecule has 18 heavy (non-hydrogen) atoms. The van der Waals surface area contributed by atoms with Gasteiger partial charge in [-0.05, 0) is 25.1 Å². The first-order valence-corrected chi connectivity index (χ1v) is 6.26. The maximum absolute atomic E-state index is 11.8. The number of benzene rings is 1. The summed E-state index contributed by atoms with van der Waals surface area (Å²) in [7, 11) is 0. The Balaban J connectivity index is 2.31. The number of halogens is 1. The lowest BCUT2D eigenvalue weighted by Gasteiger charge is -2.15. The minimum atomic E-state index is -0.658. The molecule has 0 bridgehead atoms. The number of rotatable bonds is 3. The molecule has 1 aromatic carbocycles. The molecule has 0 unspecified atom stereocenters. The van der Waals surface area contributed by atoms with Crippen molar-refractivity contribution in [3.63, 3.8) is 0 Å². The Labute approximate surface area is 112 Å². The van der Waals surface area contributed by atoms with E-state index in [-0.39, 0.29) is 12.5 Å². The zero-order valence-electron chi connectivity index (χ0n) is 9.70. The molecule has 94 valence electrons. The molecule has 1 aliphatic heterocycles. The van der Waals surface area contributed by atoms with Crippen molar-refractivity contribution >= 4 is 39.2 Å². The minimum absolute atomic E-state index is 0.132. The number of carbonyl (C=O) groups excluding carboxylic acids is 3. The van der Waals surface area contributed by atoms with E-state index in [0.29, 0.717) is 17.8 Å². The molecule has 1 aliphatic rings. The topological polar surface area (TPSA) is 66.5 Å². The Morgan fingerprint density at radius 1 is 1.39 bits per heavy atom. The van der Waals surface area contributed by atoms with Crippen LogP contribution in [0.3, 0.4) is 0 Å². The number of carbonyl (C=O) groups is 3. The zero-order valence-corrected chi connectivity index (χ0v) is 11.3. The average molecular weight is 311 g/mol. The van der Waals surface area contributed by atoms with Crippen molar-refractivity contribution in [2.45, 2.75) is 6.92 Å². The standard InChI is InChI=1S/C12H11BrN2O3/c1-2-14-10(16)6-15-9-4-3-7(13)5-8(9)11(17)12(15)18/h3-5H,2,6H2,1H3,(H,14,16). The van der Waals surface area contributed by atoms with Crippen molar-refractivity contribution in [2.75, 3.05) is 18.0 Å². The number of hydrogen-bond acceptors (Lipinski definition) is 3. The van der Waals surface area contributed by atoms with E-state index in [2.05, 4.69) is 21.2 Å². The summed E-state index contributed by atoms with van der Waals surface area (Å²) >= 11 is 3.25. The molecule has 0 atom stereocenters. The summed E-state index contributed by atoms with van der Waals surface area (Å²) in [5.74, 6) is -1.51. The molecule has 6 heteroatoms. The van der Waals surface area contributed by atoms with E-state index in [1.54, 1.807) is 25.1 Å². The first-order chi connectivity index (χ1) is 8.54. The molecule has 0 aromatic heterocycles. The van der Waals surface area contributed by atoms with Gasteiger partial charge in [-0.1, -0.05) is 15.9 Å². The lowest BCUT2D eigenvalue weighted by Crippen LogP contribution is -2.40. The van der Waals surface area contributed by atoms with Crippen molar-refractivity contribution in [2.24, 2.45) is 0 Å². The lowest BCUT2D eigenvalue weighted by molar-refractivity contribution is -0.122. The van der Waals surface area contributed by atoms with Gasteiger partial charge in [0, 0.05) is 11.0 Å². The summed E-state index contributed by atoms with van der Waals surface area (Å²) in [6.45, 7) is 2.15. The SMILES string of the molecule is CCNC(=O)CN1C(=O)C(=O)c2cc(Br)ccc21. The van der Waals surface area contributed by atoms with Crippen molar-refractivity contribution < 1.29 is 14.4 Å². The molecule has 0 saturated carbocycles. The summed E-state index contributed by atoms with van der Waals surface area (Å²) in [5.41, 5.74) is 0.818. The number of fused-ring (bicyclic) bond motifs is 1. The Morgan fingerprint density at radius 3 is 2.78 bits per heavy atom. The lowest BCUT2D eigenvalue weighted by atomic mass is 10.1. The second-order valence-corrected chi connectivity index (χ2v) is 4.75. The number of nitrogens with one attached hydrogen (secondary N) is 1. The van der Waals surface area contributed by atoms with Crippen molar-refractivity contribution in [1.29, 1.82) is 0 Å². The molecule has 2 rings (SSSR count). The third-order valence-electron chi connectivity index (χ3n) is 2.61. The van der Waals surface area contributed by atoms with Crippen molar-refractivity contribution in [3.05, 3.63) is 28.2 Å². The second kappa shape index (κ2) is 4.89. The summed E-state index contributed by atoms with van der Waals surface area (Å²) in [6.07, 6.45) is 0. The van der Waals surface area contributed by atoms with E-state index in [9.17, 15) is 14.4 Å².